The van der Waals surface area contributed by atoms with Gasteiger partial charge in [-0.3, -0.25) is 4.79 Å². The third kappa shape index (κ3) is 5.50. The Bertz CT molecular complexity index is 858. The van der Waals surface area contributed by atoms with E-state index in [-0.39, 0.29) is 18.0 Å². The molecule has 1 aliphatic rings. The van der Waals surface area contributed by atoms with Gasteiger partial charge in [0, 0.05) is 30.9 Å². The zero-order valence-electron chi connectivity index (χ0n) is 17.3. The molecule has 2 aromatic carbocycles. The predicted octanol–water partition coefficient (Wildman–Crippen LogP) is 4.34. The van der Waals surface area contributed by atoms with Gasteiger partial charge < -0.3 is 20.3 Å². The summed E-state index contributed by atoms with van der Waals surface area (Å²) in [5, 5.41) is 6.02. The lowest BCUT2D eigenvalue weighted by Gasteiger charge is -2.19. The van der Waals surface area contributed by atoms with E-state index >= 15 is 0 Å². The number of urea groups is 1. The van der Waals surface area contributed by atoms with Crippen LogP contribution in [0.15, 0.2) is 42.5 Å². The largest absolute Gasteiger partial charge is 0.497 e. The van der Waals surface area contributed by atoms with Crippen LogP contribution in [0.3, 0.4) is 0 Å². The SMILES string of the molecule is COc1ccc(CN(C)C(=O)Nc2ccc(C(=O)NC3CCCC3)cc2C)cc1. The van der Waals surface area contributed by atoms with Crippen molar-refractivity contribution in [3.8, 4) is 5.75 Å². The second-order valence-electron chi connectivity index (χ2n) is 7.62. The van der Waals surface area contributed by atoms with E-state index in [9.17, 15) is 9.59 Å². The highest BCUT2D eigenvalue weighted by Gasteiger charge is 2.18. The number of nitrogens with one attached hydrogen (secondary N) is 2. The summed E-state index contributed by atoms with van der Waals surface area (Å²) < 4.78 is 5.16. The quantitative estimate of drug-likeness (QED) is 0.764. The molecule has 0 bridgehead atoms. The first-order valence-corrected chi connectivity index (χ1v) is 10.0. The smallest absolute Gasteiger partial charge is 0.321 e. The minimum atomic E-state index is -0.202. The van der Waals surface area contributed by atoms with Crippen molar-refractivity contribution < 1.29 is 14.3 Å². The van der Waals surface area contributed by atoms with Crippen LogP contribution in [-0.4, -0.2) is 37.0 Å². The van der Waals surface area contributed by atoms with Crippen LogP contribution >= 0.6 is 0 Å². The molecule has 3 amide bonds. The number of benzene rings is 2. The summed E-state index contributed by atoms with van der Waals surface area (Å²) >= 11 is 0. The van der Waals surface area contributed by atoms with Crippen molar-refractivity contribution in [2.45, 2.75) is 45.2 Å². The van der Waals surface area contributed by atoms with Gasteiger partial charge in [-0.2, -0.15) is 0 Å². The third-order valence-corrected chi connectivity index (χ3v) is 5.35. The summed E-state index contributed by atoms with van der Waals surface area (Å²) in [4.78, 5) is 26.6. The second-order valence-corrected chi connectivity index (χ2v) is 7.62. The zero-order valence-corrected chi connectivity index (χ0v) is 17.3. The average molecular weight is 396 g/mol. The van der Waals surface area contributed by atoms with Gasteiger partial charge in [0.15, 0.2) is 0 Å². The van der Waals surface area contributed by atoms with Crippen LogP contribution in [0, 0.1) is 6.92 Å². The number of methoxy groups -OCH3 is 1. The fourth-order valence-electron chi connectivity index (χ4n) is 3.57. The normalized spacial score (nSPS) is 13.8. The van der Waals surface area contributed by atoms with Crippen LogP contribution in [0.1, 0.15) is 47.2 Å². The molecule has 6 nitrogen and oxygen atoms in total. The molecular weight excluding hydrogens is 366 g/mol. The fourth-order valence-corrected chi connectivity index (χ4v) is 3.57. The van der Waals surface area contributed by atoms with Gasteiger partial charge in [-0.25, -0.2) is 4.79 Å². The number of anilines is 1. The topological polar surface area (TPSA) is 70.7 Å². The van der Waals surface area contributed by atoms with E-state index in [1.165, 1.54) is 12.8 Å². The van der Waals surface area contributed by atoms with E-state index in [4.69, 9.17) is 4.74 Å². The van der Waals surface area contributed by atoms with Crippen LogP contribution in [0.4, 0.5) is 10.5 Å². The van der Waals surface area contributed by atoms with Crippen LogP contribution < -0.4 is 15.4 Å². The second kappa shape index (κ2) is 9.45. The lowest BCUT2D eigenvalue weighted by atomic mass is 10.1. The molecule has 1 fully saturated rings. The van der Waals surface area contributed by atoms with Crippen molar-refractivity contribution in [2.75, 3.05) is 19.5 Å². The Morgan fingerprint density at radius 2 is 1.79 bits per heavy atom. The van der Waals surface area contributed by atoms with Crippen LogP contribution in [0.5, 0.6) is 5.75 Å². The molecule has 2 aromatic rings. The Labute approximate surface area is 172 Å². The molecule has 0 aromatic heterocycles. The molecule has 0 spiro atoms. The lowest BCUT2D eigenvalue weighted by molar-refractivity contribution is 0.0938. The summed E-state index contributed by atoms with van der Waals surface area (Å²) in [5.74, 6) is 0.739. The van der Waals surface area contributed by atoms with Crippen molar-refractivity contribution >= 4 is 17.6 Å². The van der Waals surface area contributed by atoms with Gasteiger partial charge in [-0.05, 0) is 61.2 Å². The molecule has 0 radical (unpaired) electrons. The summed E-state index contributed by atoms with van der Waals surface area (Å²) in [6, 6.07) is 13.1. The summed E-state index contributed by atoms with van der Waals surface area (Å²) in [6.07, 6.45) is 4.47. The average Bonchev–Trinajstić information content (AvgIpc) is 3.23. The molecule has 3 rings (SSSR count). The van der Waals surface area contributed by atoms with E-state index < -0.39 is 0 Å². The highest BCUT2D eigenvalue weighted by molar-refractivity contribution is 5.96. The molecule has 29 heavy (non-hydrogen) atoms. The number of hydrogen-bond acceptors (Lipinski definition) is 3. The van der Waals surface area contributed by atoms with Gasteiger partial charge in [0.1, 0.15) is 5.75 Å². The number of aryl methyl sites for hydroxylation is 1. The Hall–Kier alpha value is -3.02. The van der Waals surface area contributed by atoms with Crippen molar-refractivity contribution in [3.63, 3.8) is 0 Å². The highest BCUT2D eigenvalue weighted by atomic mass is 16.5. The number of hydrogen-bond donors (Lipinski definition) is 2. The maximum absolute atomic E-state index is 12.6. The molecule has 0 unspecified atom stereocenters. The monoisotopic (exact) mass is 395 g/mol. The molecule has 1 saturated carbocycles. The lowest BCUT2D eigenvalue weighted by Crippen LogP contribution is -2.33. The molecule has 0 heterocycles. The molecule has 0 saturated heterocycles. The summed E-state index contributed by atoms with van der Waals surface area (Å²) in [5.41, 5.74) is 3.20. The molecule has 1 aliphatic carbocycles. The number of carbonyl (C=O) groups excluding carboxylic acids is 2. The first-order chi connectivity index (χ1) is 14.0. The third-order valence-electron chi connectivity index (χ3n) is 5.35. The van der Waals surface area contributed by atoms with Gasteiger partial charge in [-0.1, -0.05) is 25.0 Å². The summed E-state index contributed by atoms with van der Waals surface area (Å²) in [7, 11) is 3.37. The Kier molecular flexibility index (Phi) is 6.75. The van der Waals surface area contributed by atoms with Gasteiger partial charge >= 0.3 is 6.03 Å². The van der Waals surface area contributed by atoms with Crippen molar-refractivity contribution in [1.29, 1.82) is 0 Å². The fraction of sp³-hybridized carbons (Fsp3) is 0.391. The number of nitrogens with zero attached hydrogens (tertiary/aromatic N) is 1. The standard InChI is InChI=1S/C23H29N3O3/c1-16-14-18(22(27)24-19-6-4-5-7-19)10-13-21(16)25-23(28)26(2)15-17-8-11-20(29-3)12-9-17/h8-14,19H,4-7,15H2,1-3H3,(H,24,27)(H,25,28). The van der Waals surface area contributed by atoms with E-state index in [2.05, 4.69) is 10.6 Å². The van der Waals surface area contributed by atoms with Crippen LogP contribution in [0.2, 0.25) is 0 Å². The van der Waals surface area contributed by atoms with E-state index in [0.717, 1.165) is 29.7 Å². The molecule has 0 aliphatic heterocycles. The van der Waals surface area contributed by atoms with E-state index in [1.54, 1.807) is 31.2 Å². The number of carbonyl (C=O) groups is 2. The Morgan fingerprint density at radius 3 is 2.41 bits per heavy atom. The number of rotatable bonds is 6. The van der Waals surface area contributed by atoms with Gasteiger partial charge in [0.25, 0.3) is 5.91 Å². The summed E-state index contributed by atoms with van der Waals surface area (Å²) in [6.45, 7) is 2.38. The van der Waals surface area contributed by atoms with E-state index in [0.29, 0.717) is 17.8 Å². The van der Waals surface area contributed by atoms with Crippen LogP contribution in [-0.2, 0) is 6.54 Å². The molecule has 6 heteroatoms. The molecule has 154 valence electrons. The van der Waals surface area contributed by atoms with Crippen LogP contribution in [0.25, 0.3) is 0 Å². The minimum absolute atomic E-state index is 0.0468. The van der Waals surface area contributed by atoms with Gasteiger partial charge in [-0.15, -0.1) is 0 Å². The number of ether oxygens (including phenoxy) is 1. The predicted molar refractivity (Wildman–Crippen MR) is 114 cm³/mol. The van der Waals surface area contributed by atoms with Gasteiger partial charge in [0.05, 0.1) is 7.11 Å². The van der Waals surface area contributed by atoms with Crippen molar-refractivity contribution in [1.82, 2.24) is 10.2 Å². The maximum atomic E-state index is 12.6. The van der Waals surface area contributed by atoms with Crippen molar-refractivity contribution in [3.05, 3.63) is 59.2 Å². The van der Waals surface area contributed by atoms with E-state index in [1.807, 2.05) is 37.3 Å². The first-order valence-electron chi connectivity index (χ1n) is 10.0. The zero-order chi connectivity index (χ0) is 20.8. The van der Waals surface area contributed by atoms with Crippen molar-refractivity contribution in [2.24, 2.45) is 0 Å². The first kappa shape index (κ1) is 20.7. The van der Waals surface area contributed by atoms with Gasteiger partial charge in [0.2, 0.25) is 0 Å². The minimum Gasteiger partial charge on any atom is -0.497 e. The number of amides is 3. The maximum Gasteiger partial charge on any atom is 0.321 e. The highest BCUT2D eigenvalue weighted by Crippen LogP contribution is 2.20. The molecule has 2 N–H and O–H groups in total. The Balaban J connectivity index is 1.58. The Morgan fingerprint density at radius 1 is 1.10 bits per heavy atom. The molecular formula is C23H29N3O3. The molecule has 0 atom stereocenters.